The molecule has 1 aromatic rings. The van der Waals surface area contributed by atoms with E-state index in [9.17, 15) is 53.1 Å². The molecule has 0 amide bonds. The van der Waals surface area contributed by atoms with Crippen LogP contribution in [0.25, 0.3) is 0 Å². The van der Waals surface area contributed by atoms with E-state index < -0.39 is 63.9 Å². The summed E-state index contributed by atoms with van der Waals surface area (Å²) in [6, 6.07) is 5.93. The Morgan fingerprint density at radius 2 is 1.47 bits per heavy atom. The number of carbonyl (C=O) groups is 2. The lowest BCUT2D eigenvalue weighted by molar-refractivity contribution is -0.352. The van der Waals surface area contributed by atoms with E-state index in [0.29, 0.717) is 0 Å². The second kappa shape index (κ2) is 9.11. The zero-order valence-electron chi connectivity index (χ0n) is 15.3. The molecule has 180 valence electrons. The smallest absolute Gasteiger partial charge is 0.413 e. The van der Waals surface area contributed by atoms with Gasteiger partial charge in [-0.1, -0.05) is 36.9 Å². The van der Waals surface area contributed by atoms with Gasteiger partial charge in [-0.15, -0.1) is 0 Å². The molecule has 0 aliphatic carbocycles. The van der Waals surface area contributed by atoms with Crippen LogP contribution in [0.5, 0.6) is 0 Å². The topological polar surface area (TPSA) is 107 Å². The van der Waals surface area contributed by atoms with Crippen molar-refractivity contribution in [3.05, 3.63) is 48.0 Å². The highest BCUT2D eigenvalue weighted by Gasteiger charge is 2.67. The highest BCUT2D eigenvalue weighted by Crippen LogP contribution is 2.40. The highest BCUT2D eigenvalue weighted by atomic mass is 32.2. The molecule has 1 unspecified atom stereocenters. The van der Waals surface area contributed by atoms with Crippen molar-refractivity contribution in [2.24, 2.45) is 0 Å². The Kier molecular flexibility index (Phi) is 7.81. The molecule has 0 fully saturated rings. The van der Waals surface area contributed by atoms with Crippen molar-refractivity contribution in [3.8, 4) is 0 Å². The second-order valence-corrected chi connectivity index (χ2v) is 7.51. The first kappa shape index (κ1) is 27.4. The van der Waals surface area contributed by atoms with Gasteiger partial charge in [0, 0.05) is 6.42 Å². The van der Waals surface area contributed by atoms with Crippen molar-refractivity contribution in [1.29, 1.82) is 0 Å². The van der Waals surface area contributed by atoms with Gasteiger partial charge in [0.05, 0.1) is 0 Å². The fourth-order valence-electron chi connectivity index (χ4n) is 1.93. The standard InChI is InChI=1S/C16H12F8O7S/c1-9(15(19,20)21)12(26)31-14(16(22,23)24,30-8-13(17,18)32(27,28)29)11(25)7-10-5-3-2-4-6-10/h2-6H,1,7-8H2,(H,27,28,29). The molecule has 1 atom stereocenters. The van der Waals surface area contributed by atoms with Gasteiger partial charge in [-0.2, -0.15) is 43.5 Å². The zero-order chi connectivity index (χ0) is 25.2. The molecule has 32 heavy (non-hydrogen) atoms. The van der Waals surface area contributed by atoms with Crippen LogP contribution in [0.2, 0.25) is 0 Å². The number of alkyl halides is 8. The number of hydrogen-bond acceptors (Lipinski definition) is 6. The summed E-state index contributed by atoms with van der Waals surface area (Å²) in [4.78, 5) is 24.0. The van der Waals surface area contributed by atoms with E-state index in [-0.39, 0.29) is 5.56 Å². The van der Waals surface area contributed by atoms with Gasteiger partial charge in [-0.05, 0) is 5.56 Å². The molecular formula is C16H12F8O7S. The van der Waals surface area contributed by atoms with Gasteiger partial charge >= 0.3 is 39.5 Å². The van der Waals surface area contributed by atoms with Crippen LogP contribution in [-0.2, 0) is 35.6 Å². The summed E-state index contributed by atoms with van der Waals surface area (Å²) in [7, 11) is -6.40. The molecule has 16 heteroatoms. The number of carbonyl (C=O) groups excluding carboxylic acids is 2. The minimum Gasteiger partial charge on any atom is -0.413 e. The molecule has 0 spiro atoms. The van der Waals surface area contributed by atoms with Crippen molar-refractivity contribution < 1.29 is 67.2 Å². The summed E-state index contributed by atoms with van der Waals surface area (Å²) in [5.41, 5.74) is -2.79. The van der Waals surface area contributed by atoms with Crippen LogP contribution in [0.3, 0.4) is 0 Å². The number of benzene rings is 1. The third-order valence-electron chi connectivity index (χ3n) is 3.59. The summed E-state index contributed by atoms with van der Waals surface area (Å²) < 4.78 is 143. The lowest BCUT2D eigenvalue weighted by atomic mass is 10.0. The average Bonchev–Trinajstić information content (AvgIpc) is 2.62. The van der Waals surface area contributed by atoms with Crippen LogP contribution in [0.15, 0.2) is 42.5 Å². The number of ether oxygens (including phenoxy) is 2. The van der Waals surface area contributed by atoms with E-state index in [1.807, 2.05) is 0 Å². The van der Waals surface area contributed by atoms with Crippen LogP contribution in [0.1, 0.15) is 5.56 Å². The molecule has 0 saturated carbocycles. The van der Waals surface area contributed by atoms with Crippen LogP contribution in [0, 0.1) is 0 Å². The van der Waals surface area contributed by atoms with Crippen LogP contribution in [-0.4, -0.2) is 54.7 Å². The van der Waals surface area contributed by atoms with E-state index in [2.05, 4.69) is 16.1 Å². The van der Waals surface area contributed by atoms with Gasteiger partial charge in [0.1, 0.15) is 12.2 Å². The molecule has 0 heterocycles. The normalized spacial score (nSPS) is 15.0. The lowest BCUT2D eigenvalue weighted by Crippen LogP contribution is -2.59. The third-order valence-corrected chi connectivity index (χ3v) is 4.47. The molecule has 1 N–H and O–H groups in total. The predicted molar refractivity (Wildman–Crippen MR) is 87.7 cm³/mol. The fraction of sp³-hybridized carbons (Fsp3) is 0.375. The van der Waals surface area contributed by atoms with E-state index >= 15 is 0 Å². The molecule has 0 saturated heterocycles. The molecular weight excluding hydrogens is 488 g/mol. The summed E-state index contributed by atoms with van der Waals surface area (Å²) in [5, 5.41) is -5.47. The Labute approximate surface area is 174 Å². The Morgan fingerprint density at radius 1 is 0.969 bits per heavy atom. The SMILES string of the molecule is C=C(C(=O)OC(OCC(F)(F)S(=O)(=O)O)(C(=O)Cc1ccccc1)C(F)(F)F)C(F)(F)F. The van der Waals surface area contributed by atoms with Crippen LogP contribution < -0.4 is 0 Å². The molecule has 0 aliphatic heterocycles. The first-order valence-corrected chi connectivity index (χ1v) is 9.31. The Hall–Kier alpha value is -2.59. The lowest BCUT2D eigenvalue weighted by Gasteiger charge is -2.34. The maximum atomic E-state index is 13.7. The number of ketones is 1. The fourth-order valence-corrected chi connectivity index (χ4v) is 2.14. The monoisotopic (exact) mass is 500 g/mol. The summed E-state index contributed by atoms with van der Waals surface area (Å²) in [6.45, 7) is -0.753. The van der Waals surface area contributed by atoms with Crippen LogP contribution >= 0.6 is 0 Å². The predicted octanol–water partition coefficient (Wildman–Crippen LogP) is 3.22. The van der Waals surface area contributed by atoms with Gasteiger partial charge in [0.2, 0.25) is 5.78 Å². The number of esters is 1. The largest absolute Gasteiger partial charge is 0.464 e. The molecule has 0 bridgehead atoms. The number of halogens is 8. The van der Waals surface area contributed by atoms with E-state index in [0.717, 1.165) is 12.1 Å². The Balaban J connectivity index is 3.52. The first-order valence-electron chi connectivity index (χ1n) is 7.87. The molecule has 1 aromatic carbocycles. The minimum absolute atomic E-state index is 0.234. The maximum absolute atomic E-state index is 13.7. The van der Waals surface area contributed by atoms with Gasteiger partial charge in [-0.25, -0.2) is 4.79 Å². The van der Waals surface area contributed by atoms with Crippen molar-refractivity contribution in [2.45, 2.75) is 29.8 Å². The summed E-state index contributed by atoms with van der Waals surface area (Å²) in [5.74, 6) is -10.4. The Bertz CT molecular complexity index is 970. The molecule has 0 aromatic heterocycles. The third kappa shape index (κ3) is 6.23. The van der Waals surface area contributed by atoms with Crippen molar-refractivity contribution in [2.75, 3.05) is 6.61 Å². The molecule has 7 nitrogen and oxygen atoms in total. The summed E-state index contributed by atoms with van der Waals surface area (Å²) in [6.07, 6.45) is -13.3. The average molecular weight is 500 g/mol. The zero-order valence-corrected chi connectivity index (χ0v) is 16.2. The van der Waals surface area contributed by atoms with E-state index in [1.54, 1.807) is 0 Å². The molecule has 1 rings (SSSR count). The van der Waals surface area contributed by atoms with Gasteiger partial charge in [0.25, 0.3) is 0 Å². The summed E-state index contributed by atoms with van der Waals surface area (Å²) >= 11 is 0. The highest BCUT2D eigenvalue weighted by molar-refractivity contribution is 7.86. The van der Waals surface area contributed by atoms with Gasteiger partial charge in [0.15, 0.2) is 0 Å². The van der Waals surface area contributed by atoms with E-state index in [4.69, 9.17) is 4.55 Å². The van der Waals surface area contributed by atoms with E-state index in [1.165, 1.54) is 18.2 Å². The molecule has 0 radical (unpaired) electrons. The van der Waals surface area contributed by atoms with Crippen molar-refractivity contribution >= 4 is 21.9 Å². The number of hydrogen-bond donors (Lipinski definition) is 1. The first-order chi connectivity index (χ1) is 14.2. The van der Waals surface area contributed by atoms with Gasteiger partial charge < -0.3 is 9.47 Å². The minimum atomic E-state index is -6.40. The molecule has 0 aliphatic rings. The number of Topliss-reactive ketones (excluding diaryl/α,β-unsaturated/α-hetero) is 1. The Morgan fingerprint density at radius 3 is 1.88 bits per heavy atom. The quantitative estimate of drug-likeness (QED) is 0.183. The maximum Gasteiger partial charge on any atom is 0.464 e. The van der Waals surface area contributed by atoms with Crippen molar-refractivity contribution in [3.63, 3.8) is 0 Å². The van der Waals surface area contributed by atoms with Gasteiger partial charge in [-0.3, -0.25) is 9.35 Å². The van der Waals surface area contributed by atoms with Crippen LogP contribution in [0.4, 0.5) is 35.1 Å². The second-order valence-electron chi connectivity index (χ2n) is 5.97. The number of rotatable bonds is 9. The van der Waals surface area contributed by atoms with Crippen molar-refractivity contribution in [1.82, 2.24) is 0 Å².